The topological polar surface area (TPSA) is 186 Å². The van der Waals surface area contributed by atoms with Crippen LogP contribution in [0, 0.1) is 23.7 Å². The number of hydrogen-bond donors (Lipinski definition) is 5. The van der Waals surface area contributed by atoms with Crippen LogP contribution in [0.5, 0.6) is 0 Å². The summed E-state index contributed by atoms with van der Waals surface area (Å²) in [4.78, 5) is 29.5. The zero-order valence-corrected chi connectivity index (χ0v) is 33.1. The van der Waals surface area contributed by atoms with Gasteiger partial charge in [-0.3, -0.25) is 9.59 Å². The third kappa shape index (κ3) is 10.2. The number of rotatable bonds is 7. The molecule has 0 aromatic carbocycles. The molecule has 0 unspecified atom stereocenters. The molecule has 3 aliphatic heterocycles. The molecule has 0 bridgehead atoms. The summed E-state index contributed by atoms with van der Waals surface area (Å²) in [5.74, 6) is -3.98. The number of methoxy groups -OCH3 is 1. The van der Waals surface area contributed by atoms with Gasteiger partial charge in [0.15, 0.2) is 12.6 Å². The van der Waals surface area contributed by atoms with Crippen molar-refractivity contribution < 1.29 is 58.4 Å². The maximum absolute atomic E-state index is 14.1. The zero-order valence-electron chi connectivity index (χ0n) is 33.1. The molecule has 5 N–H and O–H groups in total. The fourth-order valence-corrected chi connectivity index (χ4v) is 8.18. The summed E-state index contributed by atoms with van der Waals surface area (Å²) in [6.07, 6.45) is -7.96. The number of carbonyl (C=O) groups excluding carboxylic acids is 2. The van der Waals surface area contributed by atoms with E-state index in [9.17, 15) is 30.0 Å². The minimum absolute atomic E-state index is 0.0737. The lowest BCUT2D eigenvalue weighted by molar-refractivity contribution is -0.317. The molecule has 3 rings (SSSR count). The van der Waals surface area contributed by atoms with Gasteiger partial charge in [-0.05, 0) is 74.9 Å². The Morgan fingerprint density at radius 3 is 2.12 bits per heavy atom. The van der Waals surface area contributed by atoms with Gasteiger partial charge in [-0.15, -0.1) is 0 Å². The van der Waals surface area contributed by atoms with Crippen LogP contribution in [-0.4, -0.2) is 143 Å². The van der Waals surface area contributed by atoms with E-state index in [1.54, 1.807) is 55.4 Å². The summed E-state index contributed by atoms with van der Waals surface area (Å²) in [5, 5.41) is 48.9. The van der Waals surface area contributed by atoms with Gasteiger partial charge < -0.3 is 59.1 Å². The van der Waals surface area contributed by atoms with Crippen LogP contribution in [0.2, 0.25) is 0 Å². The van der Waals surface area contributed by atoms with E-state index < -0.39 is 102 Å². The minimum atomic E-state index is -1.74. The number of nitrogens with zero attached hydrogens (tertiary/aromatic N) is 1. The SMILES string of the molecule is CC[C@H]1OC(=O)[C@H](C)[C@@H](O[C@H]2C[C@@](C)(OC)[C@@H](O)[C@@H](C)O2)[C@H](C)[C@@H](O[C@H]2O[C@@H](C)C[C@@H](N(C)C)[C@H]2O)[C@](C)(O)C[C@@H](C)C(=O)N[C@H](C)[C@@H](O)[C@H]1C. The Bertz CT molecular complexity index is 1140. The molecule has 0 aromatic heterocycles. The summed E-state index contributed by atoms with van der Waals surface area (Å²) >= 11 is 0. The molecule has 3 fully saturated rings. The van der Waals surface area contributed by atoms with Crippen LogP contribution in [0.1, 0.15) is 94.9 Å². The van der Waals surface area contributed by atoms with Gasteiger partial charge in [0.05, 0.1) is 53.7 Å². The average molecular weight is 733 g/mol. The smallest absolute Gasteiger partial charge is 0.311 e. The van der Waals surface area contributed by atoms with E-state index in [-0.39, 0.29) is 30.9 Å². The zero-order chi connectivity index (χ0) is 38.7. The molecular formula is C37H68N2O12. The third-order valence-corrected chi connectivity index (χ3v) is 11.7. The highest BCUT2D eigenvalue weighted by molar-refractivity contribution is 5.78. The molecule has 0 saturated carbocycles. The predicted molar refractivity (Wildman–Crippen MR) is 188 cm³/mol. The first-order chi connectivity index (χ1) is 23.6. The molecule has 3 saturated heterocycles. The summed E-state index contributed by atoms with van der Waals surface area (Å²) in [6, 6.07) is -0.980. The molecule has 0 aliphatic carbocycles. The molecule has 1 amide bonds. The molecule has 18 atom stereocenters. The number of likely N-dealkylation sites (N-methyl/N-ethyl adjacent to an activating group) is 1. The first-order valence-corrected chi connectivity index (χ1v) is 18.7. The Morgan fingerprint density at radius 2 is 1.55 bits per heavy atom. The summed E-state index contributed by atoms with van der Waals surface area (Å²) in [5.41, 5.74) is -2.76. The fourth-order valence-electron chi connectivity index (χ4n) is 8.18. The Hall–Kier alpha value is -1.46. The number of amides is 1. The van der Waals surface area contributed by atoms with E-state index in [0.29, 0.717) is 12.8 Å². The van der Waals surface area contributed by atoms with E-state index >= 15 is 0 Å². The van der Waals surface area contributed by atoms with Crippen LogP contribution in [0.25, 0.3) is 0 Å². The van der Waals surface area contributed by atoms with Gasteiger partial charge in [-0.1, -0.05) is 27.7 Å². The first kappa shape index (κ1) is 43.9. The van der Waals surface area contributed by atoms with Crippen molar-refractivity contribution in [2.75, 3.05) is 21.2 Å². The van der Waals surface area contributed by atoms with Crippen molar-refractivity contribution in [2.45, 2.75) is 180 Å². The standard InChI is InChI=1S/C37H68N2O12/c1-14-26-20(4)28(40)23(7)38-33(43)18(2)16-36(9,45)32(51-35-29(41)25(39(11)12)15-19(3)47-35)21(5)30(22(6)34(44)49-26)50-27-17-37(10,46-13)31(42)24(8)48-27/h18-32,35,40-42,45H,14-17H2,1-13H3,(H,38,43)/t18-,19+,20+,21+,22-,23-,24-,25-,26-,27+,28+,29-,30+,31+,32-,35-,36-,37-/m1/s1. The largest absolute Gasteiger partial charge is 0.462 e. The van der Waals surface area contributed by atoms with Gasteiger partial charge >= 0.3 is 5.97 Å². The van der Waals surface area contributed by atoms with Crippen LogP contribution >= 0.6 is 0 Å². The Morgan fingerprint density at radius 1 is 0.922 bits per heavy atom. The second-order valence-electron chi connectivity index (χ2n) is 16.3. The highest BCUT2D eigenvalue weighted by Gasteiger charge is 2.52. The van der Waals surface area contributed by atoms with Gasteiger partial charge in [0.1, 0.15) is 18.3 Å². The van der Waals surface area contributed by atoms with Gasteiger partial charge in [0.25, 0.3) is 0 Å². The number of esters is 1. The minimum Gasteiger partial charge on any atom is -0.462 e. The van der Waals surface area contributed by atoms with E-state index in [1.807, 2.05) is 32.8 Å². The third-order valence-electron chi connectivity index (χ3n) is 11.7. The Labute approximate surface area is 304 Å². The van der Waals surface area contributed by atoms with E-state index in [4.69, 9.17) is 28.4 Å². The molecule has 3 aliphatic rings. The van der Waals surface area contributed by atoms with Gasteiger partial charge in [-0.25, -0.2) is 0 Å². The number of ether oxygens (including phenoxy) is 6. The lowest BCUT2D eigenvalue weighted by Crippen LogP contribution is -2.60. The van der Waals surface area contributed by atoms with Crippen LogP contribution < -0.4 is 5.32 Å². The Balaban J connectivity index is 2.16. The highest BCUT2D eigenvalue weighted by Crippen LogP contribution is 2.39. The quantitative estimate of drug-likeness (QED) is 0.240. The van der Waals surface area contributed by atoms with Crippen molar-refractivity contribution in [1.29, 1.82) is 0 Å². The molecule has 0 spiro atoms. The number of carbonyl (C=O) groups is 2. The predicted octanol–water partition coefficient (Wildman–Crippen LogP) is 1.97. The van der Waals surface area contributed by atoms with Crippen LogP contribution in [0.3, 0.4) is 0 Å². The molecule has 0 radical (unpaired) electrons. The van der Waals surface area contributed by atoms with Gasteiger partial charge in [0, 0.05) is 37.3 Å². The van der Waals surface area contributed by atoms with Gasteiger partial charge in [-0.2, -0.15) is 0 Å². The van der Waals surface area contributed by atoms with Crippen molar-refractivity contribution >= 4 is 11.9 Å². The lowest BCUT2D eigenvalue weighted by atomic mass is 9.77. The molecule has 0 aromatic rings. The summed E-state index contributed by atoms with van der Waals surface area (Å²) < 4.78 is 37.4. The van der Waals surface area contributed by atoms with Gasteiger partial charge in [0.2, 0.25) is 5.91 Å². The van der Waals surface area contributed by atoms with Crippen LogP contribution in [-0.2, 0) is 38.0 Å². The molecule has 14 nitrogen and oxygen atoms in total. The fraction of sp³-hybridized carbons (Fsp3) is 0.946. The normalized spacial score (nSPS) is 48.4. The van der Waals surface area contributed by atoms with Crippen LogP contribution in [0.4, 0.5) is 0 Å². The number of aliphatic hydroxyl groups excluding tert-OH is 3. The second-order valence-corrected chi connectivity index (χ2v) is 16.3. The average Bonchev–Trinajstić information content (AvgIpc) is 3.06. The van der Waals surface area contributed by atoms with Crippen molar-refractivity contribution in [3.05, 3.63) is 0 Å². The number of aliphatic hydroxyl groups is 4. The second kappa shape index (κ2) is 17.8. The summed E-state index contributed by atoms with van der Waals surface area (Å²) in [7, 11) is 5.23. The molecular weight excluding hydrogens is 664 g/mol. The number of nitrogens with one attached hydrogen (secondary N) is 1. The monoisotopic (exact) mass is 732 g/mol. The number of cyclic esters (lactones) is 1. The Kier molecular flexibility index (Phi) is 15.3. The van der Waals surface area contributed by atoms with Crippen molar-refractivity contribution in [3.63, 3.8) is 0 Å². The lowest BCUT2D eigenvalue weighted by Gasteiger charge is -2.48. The first-order valence-electron chi connectivity index (χ1n) is 18.7. The van der Waals surface area contributed by atoms with E-state index in [2.05, 4.69) is 5.32 Å². The highest BCUT2D eigenvalue weighted by atomic mass is 16.7. The molecule has 3 heterocycles. The van der Waals surface area contributed by atoms with Crippen molar-refractivity contribution in [1.82, 2.24) is 10.2 Å². The van der Waals surface area contributed by atoms with E-state index in [1.165, 1.54) is 7.11 Å². The maximum atomic E-state index is 14.1. The number of hydrogen-bond acceptors (Lipinski definition) is 13. The van der Waals surface area contributed by atoms with Crippen LogP contribution in [0.15, 0.2) is 0 Å². The van der Waals surface area contributed by atoms with Crippen molar-refractivity contribution in [2.24, 2.45) is 23.7 Å². The summed E-state index contributed by atoms with van der Waals surface area (Å²) in [6.45, 7) is 17.4. The maximum Gasteiger partial charge on any atom is 0.311 e. The molecule has 298 valence electrons. The molecule has 51 heavy (non-hydrogen) atoms. The molecule has 14 heteroatoms. The van der Waals surface area contributed by atoms with Crippen molar-refractivity contribution in [3.8, 4) is 0 Å². The van der Waals surface area contributed by atoms with E-state index in [0.717, 1.165) is 0 Å².